The summed E-state index contributed by atoms with van der Waals surface area (Å²) >= 11 is 0. The van der Waals surface area contributed by atoms with Crippen molar-refractivity contribution in [3.05, 3.63) is 54.6 Å². The molecule has 0 saturated carbocycles. The first-order valence-electron chi connectivity index (χ1n) is 5.75. The molecule has 0 spiro atoms. The smallest absolute Gasteiger partial charge is 0.0367 e. The molecule has 0 atom stereocenters. The topological polar surface area (TPSA) is 3.24 Å². The minimum atomic E-state index is 1.18. The maximum atomic E-state index is 3.27. The summed E-state index contributed by atoms with van der Waals surface area (Å²) in [5.74, 6) is 0. The molecule has 0 aliphatic carbocycles. The van der Waals surface area contributed by atoms with Crippen molar-refractivity contribution in [3.63, 3.8) is 0 Å². The number of nitrogens with zero attached hydrogens (tertiary/aromatic N) is 1. The SMILES string of the molecule is CN(C)c1ccc2cc3[c]cccc3cc2c1. The molecule has 0 bridgehead atoms. The second-order valence-electron chi connectivity index (χ2n) is 4.54. The molecule has 0 saturated heterocycles. The second-order valence-corrected chi connectivity index (χ2v) is 4.54. The largest absolute Gasteiger partial charge is 0.378 e. The highest BCUT2D eigenvalue weighted by molar-refractivity contribution is 5.99. The van der Waals surface area contributed by atoms with Gasteiger partial charge < -0.3 is 4.90 Å². The van der Waals surface area contributed by atoms with Gasteiger partial charge in [0.25, 0.3) is 0 Å². The van der Waals surface area contributed by atoms with E-state index in [1.165, 1.54) is 27.2 Å². The Morgan fingerprint density at radius 3 is 2.59 bits per heavy atom. The van der Waals surface area contributed by atoms with Gasteiger partial charge in [0.1, 0.15) is 0 Å². The van der Waals surface area contributed by atoms with E-state index in [2.05, 4.69) is 61.5 Å². The van der Waals surface area contributed by atoms with Crippen LogP contribution in [-0.2, 0) is 0 Å². The normalized spacial score (nSPS) is 10.9. The Hall–Kier alpha value is -2.02. The van der Waals surface area contributed by atoms with Crippen molar-refractivity contribution in [3.8, 4) is 0 Å². The van der Waals surface area contributed by atoms with Gasteiger partial charge in [0.2, 0.25) is 0 Å². The number of fused-ring (bicyclic) bond motifs is 2. The third kappa shape index (κ3) is 1.74. The summed E-state index contributed by atoms with van der Waals surface area (Å²) in [5.41, 5.74) is 1.23. The van der Waals surface area contributed by atoms with Crippen LogP contribution in [-0.4, -0.2) is 14.1 Å². The lowest BCUT2D eigenvalue weighted by Gasteiger charge is -2.13. The fourth-order valence-corrected chi connectivity index (χ4v) is 2.13. The third-order valence-corrected chi connectivity index (χ3v) is 3.12. The quantitative estimate of drug-likeness (QED) is 0.563. The molecule has 0 unspecified atom stereocenters. The molecule has 83 valence electrons. The molecule has 1 nitrogen and oxygen atoms in total. The summed E-state index contributed by atoms with van der Waals surface area (Å²) < 4.78 is 0. The van der Waals surface area contributed by atoms with Crippen molar-refractivity contribution >= 4 is 27.2 Å². The molecule has 0 aromatic heterocycles. The molecule has 3 aromatic rings. The highest BCUT2D eigenvalue weighted by atomic mass is 15.1. The number of hydrogen-bond donors (Lipinski definition) is 0. The first kappa shape index (κ1) is 10.2. The van der Waals surface area contributed by atoms with Crippen LogP contribution in [0.15, 0.2) is 48.5 Å². The third-order valence-electron chi connectivity index (χ3n) is 3.12. The lowest BCUT2D eigenvalue weighted by molar-refractivity contribution is 1.14. The lowest BCUT2D eigenvalue weighted by atomic mass is 10.0. The number of hydrogen-bond acceptors (Lipinski definition) is 1. The van der Waals surface area contributed by atoms with E-state index in [0.717, 1.165) is 0 Å². The Morgan fingerprint density at radius 1 is 0.882 bits per heavy atom. The van der Waals surface area contributed by atoms with Crippen LogP contribution in [0, 0.1) is 6.07 Å². The first-order chi connectivity index (χ1) is 8.24. The van der Waals surface area contributed by atoms with Crippen LogP contribution in [0.2, 0.25) is 0 Å². The Labute approximate surface area is 101 Å². The molecular weight excluding hydrogens is 206 g/mol. The van der Waals surface area contributed by atoms with Gasteiger partial charge in [-0.1, -0.05) is 24.3 Å². The van der Waals surface area contributed by atoms with E-state index in [4.69, 9.17) is 0 Å². The summed E-state index contributed by atoms with van der Waals surface area (Å²) in [4.78, 5) is 2.13. The van der Waals surface area contributed by atoms with Crippen LogP contribution >= 0.6 is 0 Å². The minimum Gasteiger partial charge on any atom is -0.378 e. The van der Waals surface area contributed by atoms with Gasteiger partial charge in [0.05, 0.1) is 0 Å². The average molecular weight is 220 g/mol. The van der Waals surface area contributed by atoms with Crippen molar-refractivity contribution in [2.24, 2.45) is 0 Å². The van der Waals surface area contributed by atoms with Crippen molar-refractivity contribution < 1.29 is 0 Å². The monoisotopic (exact) mass is 220 g/mol. The summed E-state index contributed by atoms with van der Waals surface area (Å²) in [6.07, 6.45) is 0. The summed E-state index contributed by atoms with van der Waals surface area (Å²) in [5, 5.41) is 4.97. The van der Waals surface area contributed by atoms with Gasteiger partial charge in [-0.05, 0) is 51.9 Å². The summed E-state index contributed by atoms with van der Waals surface area (Å²) in [6.45, 7) is 0. The predicted octanol–water partition coefficient (Wildman–Crippen LogP) is 3.86. The summed E-state index contributed by atoms with van der Waals surface area (Å²) in [7, 11) is 4.13. The standard InChI is InChI=1S/C16H14N/c1-17(2)16-8-7-14-9-12-5-3-4-6-13(12)10-15(14)11-16/h3-4,6-11H,1-2H3. The molecule has 1 radical (unpaired) electrons. The first-order valence-corrected chi connectivity index (χ1v) is 5.75. The van der Waals surface area contributed by atoms with Crippen LogP contribution in [0.1, 0.15) is 0 Å². The molecule has 1 heteroatoms. The molecule has 17 heavy (non-hydrogen) atoms. The van der Waals surface area contributed by atoms with Crippen molar-refractivity contribution in [1.82, 2.24) is 0 Å². The Bertz CT molecular complexity index is 683. The van der Waals surface area contributed by atoms with E-state index >= 15 is 0 Å². The number of anilines is 1. The fourth-order valence-electron chi connectivity index (χ4n) is 2.13. The van der Waals surface area contributed by atoms with Crippen LogP contribution < -0.4 is 4.90 Å². The lowest BCUT2D eigenvalue weighted by Crippen LogP contribution is -2.07. The molecule has 0 heterocycles. The predicted molar refractivity (Wildman–Crippen MR) is 74.6 cm³/mol. The van der Waals surface area contributed by atoms with E-state index in [1.54, 1.807) is 0 Å². The van der Waals surface area contributed by atoms with Gasteiger partial charge in [0, 0.05) is 19.8 Å². The Morgan fingerprint density at radius 2 is 1.76 bits per heavy atom. The maximum Gasteiger partial charge on any atom is 0.0367 e. The fraction of sp³-hybridized carbons (Fsp3) is 0.125. The zero-order valence-electron chi connectivity index (χ0n) is 10.1. The molecule has 0 amide bonds. The van der Waals surface area contributed by atoms with Gasteiger partial charge in [0.15, 0.2) is 0 Å². The molecule has 0 aliphatic rings. The molecular formula is C16H14N. The highest BCUT2D eigenvalue weighted by Gasteiger charge is 2.00. The average Bonchev–Trinajstić information content (AvgIpc) is 2.35. The molecule has 3 aromatic carbocycles. The van der Waals surface area contributed by atoms with Gasteiger partial charge in [-0.15, -0.1) is 0 Å². The van der Waals surface area contributed by atoms with Crippen LogP contribution in [0.5, 0.6) is 0 Å². The molecule has 0 aliphatic heterocycles. The second kappa shape index (κ2) is 3.77. The van der Waals surface area contributed by atoms with Crippen molar-refractivity contribution in [2.75, 3.05) is 19.0 Å². The zero-order chi connectivity index (χ0) is 11.8. The number of rotatable bonds is 1. The highest BCUT2D eigenvalue weighted by Crippen LogP contribution is 2.25. The Kier molecular flexibility index (Phi) is 2.25. The Balaban J connectivity index is 2.32. The van der Waals surface area contributed by atoms with Gasteiger partial charge in [-0.3, -0.25) is 0 Å². The van der Waals surface area contributed by atoms with Crippen molar-refractivity contribution in [1.29, 1.82) is 0 Å². The maximum absolute atomic E-state index is 3.27. The van der Waals surface area contributed by atoms with Crippen LogP contribution in [0.3, 0.4) is 0 Å². The zero-order valence-corrected chi connectivity index (χ0v) is 10.1. The van der Waals surface area contributed by atoms with E-state index in [-0.39, 0.29) is 0 Å². The van der Waals surface area contributed by atoms with E-state index in [1.807, 2.05) is 12.1 Å². The van der Waals surface area contributed by atoms with Gasteiger partial charge >= 0.3 is 0 Å². The molecule has 3 rings (SSSR count). The van der Waals surface area contributed by atoms with Crippen LogP contribution in [0.4, 0.5) is 5.69 Å². The number of benzene rings is 3. The van der Waals surface area contributed by atoms with E-state index in [9.17, 15) is 0 Å². The van der Waals surface area contributed by atoms with Gasteiger partial charge in [-0.2, -0.15) is 0 Å². The van der Waals surface area contributed by atoms with E-state index in [0.29, 0.717) is 0 Å². The summed E-state index contributed by atoms with van der Waals surface area (Å²) in [6, 6.07) is 20.4. The van der Waals surface area contributed by atoms with Gasteiger partial charge in [-0.25, -0.2) is 0 Å². The van der Waals surface area contributed by atoms with E-state index < -0.39 is 0 Å². The van der Waals surface area contributed by atoms with Crippen molar-refractivity contribution in [2.45, 2.75) is 0 Å². The molecule has 0 fully saturated rings. The molecule has 0 N–H and O–H groups in total. The minimum absolute atomic E-state index is 1.18. The van der Waals surface area contributed by atoms with Crippen LogP contribution in [0.25, 0.3) is 21.5 Å².